The fraction of sp³-hybridized carbons (Fsp3) is 0.533. The summed E-state index contributed by atoms with van der Waals surface area (Å²) in [6.45, 7) is 4.12. The third-order valence-electron chi connectivity index (χ3n) is 4.01. The van der Waals surface area contributed by atoms with Crippen LogP contribution in [-0.2, 0) is 16.0 Å². The number of fused-ring (bicyclic) bond motifs is 1. The molecule has 0 aliphatic carbocycles. The molecule has 1 aromatic carbocycles. The molecule has 0 atom stereocenters. The molecule has 1 fully saturated rings. The van der Waals surface area contributed by atoms with Crippen molar-refractivity contribution in [3.8, 4) is 0 Å². The Morgan fingerprint density at radius 3 is 2.85 bits per heavy atom. The highest BCUT2D eigenvalue weighted by atomic mass is 16.5. The predicted octanol–water partition coefficient (Wildman–Crippen LogP) is 0.880. The van der Waals surface area contributed by atoms with E-state index in [4.69, 9.17) is 10.5 Å². The highest BCUT2D eigenvalue weighted by molar-refractivity contribution is 5.82. The van der Waals surface area contributed by atoms with Crippen LogP contribution in [0.5, 0.6) is 0 Å². The largest absolute Gasteiger partial charge is 0.399 e. The number of carbonyl (C=O) groups excluding carboxylic acids is 1. The summed E-state index contributed by atoms with van der Waals surface area (Å²) in [5, 5.41) is 0. The van der Waals surface area contributed by atoms with Crippen molar-refractivity contribution in [3.63, 3.8) is 0 Å². The molecule has 3 rings (SSSR count). The van der Waals surface area contributed by atoms with Gasteiger partial charge in [0.25, 0.3) is 0 Å². The molecule has 0 bridgehead atoms. The third kappa shape index (κ3) is 2.72. The van der Waals surface area contributed by atoms with Crippen LogP contribution in [0.15, 0.2) is 18.2 Å². The second kappa shape index (κ2) is 5.71. The molecule has 5 heteroatoms. The maximum absolute atomic E-state index is 12.3. The maximum atomic E-state index is 12.3. The molecule has 108 valence electrons. The van der Waals surface area contributed by atoms with Gasteiger partial charge in [-0.25, -0.2) is 0 Å². The minimum Gasteiger partial charge on any atom is -0.399 e. The molecule has 1 saturated heterocycles. The first-order valence-electron chi connectivity index (χ1n) is 7.23. The van der Waals surface area contributed by atoms with E-state index in [-0.39, 0.29) is 5.91 Å². The number of carbonyl (C=O) groups is 1. The zero-order valence-electron chi connectivity index (χ0n) is 11.7. The van der Waals surface area contributed by atoms with Crippen LogP contribution >= 0.6 is 0 Å². The number of rotatable bonds is 2. The number of anilines is 2. The average Bonchev–Trinajstić information content (AvgIpc) is 2.48. The van der Waals surface area contributed by atoms with Gasteiger partial charge in [-0.2, -0.15) is 0 Å². The Balaban J connectivity index is 1.71. The summed E-state index contributed by atoms with van der Waals surface area (Å²) in [7, 11) is 0. The van der Waals surface area contributed by atoms with Gasteiger partial charge >= 0.3 is 0 Å². The Morgan fingerprint density at radius 2 is 2.05 bits per heavy atom. The monoisotopic (exact) mass is 275 g/mol. The summed E-state index contributed by atoms with van der Waals surface area (Å²) in [5.41, 5.74) is 9.05. The van der Waals surface area contributed by atoms with E-state index in [1.54, 1.807) is 0 Å². The minimum absolute atomic E-state index is 0.193. The second-order valence-electron chi connectivity index (χ2n) is 5.41. The van der Waals surface area contributed by atoms with E-state index in [0.29, 0.717) is 32.8 Å². The number of aryl methyl sites for hydroxylation is 1. The fourth-order valence-corrected chi connectivity index (χ4v) is 2.94. The molecule has 0 aromatic heterocycles. The van der Waals surface area contributed by atoms with Crippen molar-refractivity contribution in [3.05, 3.63) is 23.8 Å². The zero-order chi connectivity index (χ0) is 13.9. The predicted molar refractivity (Wildman–Crippen MR) is 78.8 cm³/mol. The Hall–Kier alpha value is -1.75. The Bertz CT molecular complexity index is 498. The Labute approximate surface area is 119 Å². The lowest BCUT2D eigenvalue weighted by Gasteiger charge is -2.34. The molecule has 2 heterocycles. The van der Waals surface area contributed by atoms with Crippen LogP contribution in [-0.4, -0.2) is 50.2 Å². The van der Waals surface area contributed by atoms with Crippen LogP contribution in [0.1, 0.15) is 12.0 Å². The van der Waals surface area contributed by atoms with E-state index < -0.39 is 0 Å². The number of amides is 1. The molecule has 1 aromatic rings. The highest BCUT2D eigenvalue weighted by Gasteiger charge is 2.23. The second-order valence-corrected chi connectivity index (χ2v) is 5.41. The van der Waals surface area contributed by atoms with Crippen molar-refractivity contribution in [2.75, 3.05) is 50.0 Å². The van der Waals surface area contributed by atoms with Gasteiger partial charge in [0.1, 0.15) is 0 Å². The number of benzene rings is 1. The van der Waals surface area contributed by atoms with Gasteiger partial charge in [0.2, 0.25) is 5.91 Å². The van der Waals surface area contributed by atoms with Gasteiger partial charge in [0.05, 0.1) is 19.8 Å². The molecular formula is C15H21N3O2. The molecule has 20 heavy (non-hydrogen) atoms. The molecule has 0 spiro atoms. The standard InChI is InChI=1S/C15H21N3O2/c16-13-3-4-14-12(10-13)2-1-5-18(14)11-15(19)17-6-8-20-9-7-17/h3-4,10H,1-2,5-9,11,16H2. The molecular weight excluding hydrogens is 254 g/mol. The van der Waals surface area contributed by atoms with Crippen molar-refractivity contribution in [2.24, 2.45) is 0 Å². The van der Waals surface area contributed by atoms with Crippen molar-refractivity contribution in [1.82, 2.24) is 4.90 Å². The van der Waals surface area contributed by atoms with E-state index in [2.05, 4.69) is 4.90 Å². The van der Waals surface area contributed by atoms with E-state index in [1.807, 2.05) is 23.1 Å². The molecule has 2 N–H and O–H groups in total. The van der Waals surface area contributed by atoms with Crippen LogP contribution in [0, 0.1) is 0 Å². The van der Waals surface area contributed by atoms with Crippen LogP contribution in [0.4, 0.5) is 11.4 Å². The van der Waals surface area contributed by atoms with Crippen LogP contribution < -0.4 is 10.6 Å². The normalized spacial score (nSPS) is 18.8. The topological polar surface area (TPSA) is 58.8 Å². The van der Waals surface area contributed by atoms with E-state index in [1.165, 1.54) is 5.56 Å². The lowest BCUT2D eigenvalue weighted by Crippen LogP contribution is -2.46. The first-order chi connectivity index (χ1) is 9.74. The van der Waals surface area contributed by atoms with Crippen LogP contribution in [0.3, 0.4) is 0 Å². The minimum atomic E-state index is 0.193. The summed E-state index contributed by atoms with van der Waals surface area (Å²) in [6, 6.07) is 5.98. The number of ether oxygens (including phenoxy) is 1. The van der Waals surface area contributed by atoms with Crippen molar-refractivity contribution in [1.29, 1.82) is 0 Å². The van der Waals surface area contributed by atoms with Gasteiger partial charge < -0.3 is 20.3 Å². The molecule has 2 aliphatic rings. The number of nitrogens with two attached hydrogens (primary N) is 1. The van der Waals surface area contributed by atoms with Crippen molar-refractivity contribution < 1.29 is 9.53 Å². The molecule has 1 amide bonds. The lowest BCUT2D eigenvalue weighted by molar-refractivity contribution is -0.133. The lowest BCUT2D eigenvalue weighted by atomic mass is 10.0. The maximum Gasteiger partial charge on any atom is 0.242 e. The number of nitrogens with zero attached hydrogens (tertiary/aromatic N) is 2. The summed E-state index contributed by atoms with van der Waals surface area (Å²) in [4.78, 5) is 16.4. The molecule has 0 saturated carbocycles. The van der Waals surface area contributed by atoms with Gasteiger partial charge in [-0.15, -0.1) is 0 Å². The van der Waals surface area contributed by atoms with Gasteiger partial charge in [-0.1, -0.05) is 0 Å². The number of hydrogen-bond acceptors (Lipinski definition) is 4. The van der Waals surface area contributed by atoms with Gasteiger partial charge in [0, 0.05) is 31.0 Å². The van der Waals surface area contributed by atoms with Crippen molar-refractivity contribution >= 4 is 17.3 Å². The first-order valence-corrected chi connectivity index (χ1v) is 7.23. The van der Waals surface area contributed by atoms with E-state index in [9.17, 15) is 4.79 Å². The van der Waals surface area contributed by atoms with Crippen LogP contribution in [0.2, 0.25) is 0 Å². The molecule has 5 nitrogen and oxygen atoms in total. The van der Waals surface area contributed by atoms with Crippen LogP contribution in [0.25, 0.3) is 0 Å². The first kappa shape index (κ1) is 13.2. The SMILES string of the molecule is Nc1ccc2c(c1)CCCN2CC(=O)N1CCOCC1. The Kier molecular flexibility index (Phi) is 3.78. The fourth-order valence-electron chi connectivity index (χ4n) is 2.94. The smallest absolute Gasteiger partial charge is 0.242 e. The van der Waals surface area contributed by atoms with Gasteiger partial charge in [-0.05, 0) is 36.6 Å². The molecule has 2 aliphatic heterocycles. The number of nitrogen functional groups attached to an aromatic ring is 1. The summed E-state index contributed by atoms with van der Waals surface area (Å²) < 4.78 is 5.29. The summed E-state index contributed by atoms with van der Waals surface area (Å²) in [5.74, 6) is 0.193. The molecule has 0 unspecified atom stereocenters. The zero-order valence-corrected chi connectivity index (χ0v) is 11.7. The summed E-state index contributed by atoms with van der Waals surface area (Å²) in [6.07, 6.45) is 2.12. The summed E-state index contributed by atoms with van der Waals surface area (Å²) >= 11 is 0. The van der Waals surface area contributed by atoms with Gasteiger partial charge in [0.15, 0.2) is 0 Å². The Morgan fingerprint density at radius 1 is 1.25 bits per heavy atom. The molecule has 0 radical (unpaired) electrons. The van der Waals surface area contributed by atoms with Gasteiger partial charge in [-0.3, -0.25) is 4.79 Å². The highest BCUT2D eigenvalue weighted by Crippen LogP contribution is 2.28. The quantitative estimate of drug-likeness (QED) is 0.814. The van der Waals surface area contributed by atoms with E-state index >= 15 is 0 Å². The average molecular weight is 275 g/mol. The third-order valence-corrected chi connectivity index (χ3v) is 4.01. The number of hydrogen-bond donors (Lipinski definition) is 1. The van der Waals surface area contributed by atoms with Crippen molar-refractivity contribution in [2.45, 2.75) is 12.8 Å². The van der Waals surface area contributed by atoms with E-state index in [0.717, 1.165) is 30.8 Å². The number of morpholine rings is 1.